The summed E-state index contributed by atoms with van der Waals surface area (Å²) in [6.45, 7) is 7.23. The molecule has 19 nitrogen and oxygen atoms in total. The summed E-state index contributed by atoms with van der Waals surface area (Å²) in [5.74, 6) is -5.96. The number of fused-ring (bicyclic) bond motifs is 2. The highest BCUT2D eigenvalue weighted by Gasteiger charge is 2.34. The Hall–Kier alpha value is -7.02. The van der Waals surface area contributed by atoms with Gasteiger partial charge in [-0.3, -0.25) is 28.8 Å². The molecule has 0 fully saturated rings. The molecule has 6 amide bonds. The number of carbonyl (C=O) groups excluding carboxylic acids is 6. The number of imidazole rings is 1. The first-order valence-electron chi connectivity index (χ1n) is 21.3. The number of hydrogen-bond acceptors (Lipinski definition) is 9. The van der Waals surface area contributed by atoms with Crippen LogP contribution in [0.5, 0.6) is 0 Å². The molecule has 64 heavy (non-hydrogen) atoms. The average Bonchev–Trinajstić information content (AvgIpc) is 4.01. The molecule has 3 aromatic heterocycles. The first-order valence-corrected chi connectivity index (χ1v) is 21.3. The predicted molar refractivity (Wildman–Crippen MR) is 239 cm³/mol. The molecule has 0 spiro atoms. The van der Waals surface area contributed by atoms with Gasteiger partial charge >= 0.3 is 5.97 Å². The van der Waals surface area contributed by atoms with E-state index in [0.717, 1.165) is 27.4 Å². The summed E-state index contributed by atoms with van der Waals surface area (Å²) in [5, 5.41) is 24.9. The van der Waals surface area contributed by atoms with Crippen LogP contribution in [0.15, 0.2) is 73.4 Å². The number of rotatable bonds is 24. The standard InChI is InChI=1S/C45H59N11O8/c1-24(2)15-35(42(60)52-34(13-14-39(47)57)41(59)56-38(45(63)64)16-25(3)4)54-43(61)36(18-27-21-50-33-12-8-6-10-30(27)33)55-44(62)37(19-28-22-48-23-51-28)53-40(58)31(46)17-26-20-49-32-11-7-5-9-29(26)32/h5-12,20-25,31,34-38,49-50H,13-19,46H2,1-4H3,(H2,47,57)(H,48,51)(H,52,60)(H,53,58)(H,54,61)(H,55,62)(H,56,59)(H,63,64). The number of nitrogens with two attached hydrogens (primary N) is 2. The minimum absolute atomic E-state index is 0.0359. The number of carboxylic acid groups (broad SMARTS) is 1. The maximum atomic E-state index is 14.5. The van der Waals surface area contributed by atoms with E-state index in [4.69, 9.17) is 11.5 Å². The SMILES string of the molecule is CC(C)CC(NC(=O)C(CCC(N)=O)NC(=O)C(CC(C)C)NC(=O)C(Cc1c[nH]c2ccccc12)NC(=O)C(Cc1cnc[nH]1)NC(=O)C(N)Cc1c[nH]c2ccccc12)C(=O)O. The zero-order chi connectivity index (χ0) is 46.5. The topological polar surface area (TPSA) is 312 Å². The number of nitrogens with one attached hydrogen (secondary N) is 8. The first kappa shape index (κ1) is 48.0. The average molecular weight is 882 g/mol. The van der Waals surface area contributed by atoms with Crippen LogP contribution in [0.3, 0.4) is 0 Å². The smallest absolute Gasteiger partial charge is 0.326 e. The number of H-pyrrole nitrogens is 3. The van der Waals surface area contributed by atoms with E-state index in [-0.39, 0.29) is 56.8 Å². The quantitative estimate of drug-likeness (QED) is 0.0425. The van der Waals surface area contributed by atoms with E-state index in [0.29, 0.717) is 11.3 Å². The summed E-state index contributed by atoms with van der Waals surface area (Å²) in [4.78, 5) is 107. The second kappa shape index (κ2) is 22.4. The van der Waals surface area contributed by atoms with Gasteiger partial charge < -0.3 is 58.1 Å². The molecule has 0 aliphatic carbocycles. The maximum absolute atomic E-state index is 14.5. The van der Waals surface area contributed by atoms with Gasteiger partial charge in [-0.25, -0.2) is 9.78 Å². The molecule has 6 unspecified atom stereocenters. The Morgan fingerprint density at radius 1 is 0.609 bits per heavy atom. The third-order valence-electron chi connectivity index (χ3n) is 10.8. The lowest BCUT2D eigenvalue weighted by Crippen LogP contribution is -2.60. The van der Waals surface area contributed by atoms with Gasteiger partial charge in [-0.05, 0) is 60.8 Å². The number of carboxylic acids is 1. The number of aromatic amines is 3. The van der Waals surface area contributed by atoms with E-state index in [1.165, 1.54) is 12.5 Å². The van der Waals surface area contributed by atoms with Crippen LogP contribution in [0.1, 0.15) is 70.2 Å². The van der Waals surface area contributed by atoms with Crippen LogP contribution in [-0.4, -0.2) is 103 Å². The summed E-state index contributed by atoms with van der Waals surface area (Å²) >= 11 is 0. The van der Waals surface area contributed by atoms with Crippen molar-refractivity contribution in [2.45, 2.75) is 109 Å². The Balaban J connectivity index is 1.39. The summed E-state index contributed by atoms with van der Waals surface area (Å²) in [7, 11) is 0. The molecular formula is C45H59N11O8. The molecule has 5 rings (SSSR count). The van der Waals surface area contributed by atoms with Crippen LogP contribution in [0.25, 0.3) is 21.8 Å². The van der Waals surface area contributed by atoms with Crippen LogP contribution >= 0.6 is 0 Å². The van der Waals surface area contributed by atoms with Crippen molar-refractivity contribution in [3.05, 3.63) is 90.3 Å². The number of aromatic nitrogens is 4. The lowest BCUT2D eigenvalue weighted by molar-refractivity contribution is -0.143. The Morgan fingerprint density at radius 3 is 1.62 bits per heavy atom. The zero-order valence-corrected chi connectivity index (χ0v) is 36.4. The van der Waals surface area contributed by atoms with Crippen molar-refractivity contribution >= 4 is 63.2 Å². The molecule has 0 bridgehead atoms. The first-order chi connectivity index (χ1) is 30.5. The van der Waals surface area contributed by atoms with Crippen LogP contribution in [-0.2, 0) is 52.8 Å². The highest BCUT2D eigenvalue weighted by atomic mass is 16.4. The van der Waals surface area contributed by atoms with Gasteiger partial charge in [0.05, 0.1) is 12.4 Å². The van der Waals surface area contributed by atoms with Crippen molar-refractivity contribution in [3.63, 3.8) is 0 Å². The Morgan fingerprint density at radius 2 is 1.08 bits per heavy atom. The largest absolute Gasteiger partial charge is 0.480 e. The number of para-hydroxylation sites is 2. The third kappa shape index (κ3) is 13.5. The molecule has 342 valence electrons. The van der Waals surface area contributed by atoms with E-state index in [9.17, 15) is 38.7 Å². The van der Waals surface area contributed by atoms with Gasteiger partial charge in [0.15, 0.2) is 0 Å². The summed E-state index contributed by atoms with van der Waals surface area (Å²) < 4.78 is 0. The maximum Gasteiger partial charge on any atom is 0.326 e. The zero-order valence-electron chi connectivity index (χ0n) is 36.4. The van der Waals surface area contributed by atoms with E-state index in [1.807, 2.05) is 62.4 Å². The second-order valence-electron chi connectivity index (χ2n) is 16.9. The van der Waals surface area contributed by atoms with Crippen molar-refractivity contribution in [2.75, 3.05) is 0 Å². The highest BCUT2D eigenvalue weighted by molar-refractivity contribution is 5.97. The van der Waals surface area contributed by atoms with Crippen LogP contribution in [0.2, 0.25) is 0 Å². The van der Waals surface area contributed by atoms with Crippen molar-refractivity contribution in [3.8, 4) is 0 Å². The Kier molecular flexibility index (Phi) is 16.8. The lowest BCUT2D eigenvalue weighted by Gasteiger charge is -2.28. The fraction of sp³-hybridized carbons (Fsp3) is 0.422. The molecule has 0 saturated carbocycles. The number of amides is 6. The number of benzene rings is 2. The normalized spacial score (nSPS) is 14.3. The molecule has 0 radical (unpaired) electrons. The van der Waals surface area contributed by atoms with Gasteiger partial charge in [0.1, 0.15) is 30.2 Å². The van der Waals surface area contributed by atoms with Crippen molar-refractivity contribution in [2.24, 2.45) is 23.3 Å². The second-order valence-corrected chi connectivity index (χ2v) is 16.9. The summed E-state index contributed by atoms with van der Waals surface area (Å²) in [6.07, 6.45) is 6.19. The van der Waals surface area contributed by atoms with Crippen LogP contribution in [0, 0.1) is 11.8 Å². The third-order valence-corrected chi connectivity index (χ3v) is 10.8. The number of nitrogens with zero attached hydrogens (tertiary/aromatic N) is 1. The van der Waals surface area contributed by atoms with Gasteiger partial charge in [-0.15, -0.1) is 0 Å². The van der Waals surface area contributed by atoms with E-state index >= 15 is 0 Å². The number of carbonyl (C=O) groups is 7. The minimum Gasteiger partial charge on any atom is -0.480 e. The molecule has 0 saturated heterocycles. The predicted octanol–water partition coefficient (Wildman–Crippen LogP) is 1.59. The van der Waals surface area contributed by atoms with Gasteiger partial charge in [-0.2, -0.15) is 0 Å². The van der Waals surface area contributed by atoms with Gasteiger partial charge in [0.25, 0.3) is 0 Å². The number of hydrogen-bond donors (Lipinski definition) is 11. The van der Waals surface area contributed by atoms with E-state index < -0.39 is 77.7 Å². The summed E-state index contributed by atoms with van der Waals surface area (Å²) in [5.41, 5.74) is 15.5. The van der Waals surface area contributed by atoms with Crippen molar-refractivity contribution < 1.29 is 38.7 Å². The molecule has 2 aromatic carbocycles. The van der Waals surface area contributed by atoms with Gasteiger partial charge in [0, 0.05) is 65.4 Å². The lowest BCUT2D eigenvalue weighted by atomic mass is 9.99. The van der Waals surface area contributed by atoms with Gasteiger partial charge in [0.2, 0.25) is 35.4 Å². The van der Waals surface area contributed by atoms with E-state index in [2.05, 4.69) is 46.5 Å². The molecule has 3 heterocycles. The fourth-order valence-electron chi connectivity index (χ4n) is 7.50. The van der Waals surface area contributed by atoms with Crippen molar-refractivity contribution in [1.29, 1.82) is 0 Å². The summed E-state index contributed by atoms with van der Waals surface area (Å²) in [6, 6.07) is 7.50. The van der Waals surface area contributed by atoms with Crippen molar-refractivity contribution in [1.82, 2.24) is 46.5 Å². The molecule has 5 aromatic rings. The fourth-order valence-corrected chi connectivity index (χ4v) is 7.50. The molecule has 19 heteroatoms. The van der Waals surface area contributed by atoms with E-state index in [1.54, 1.807) is 26.2 Å². The minimum atomic E-state index is -1.38. The molecule has 13 N–H and O–H groups in total. The number of primary amides is 1. The number of aliphatic carboxylic acids is 1. The molecule has 0 aliphatic rings. The Bertz CT molecular complexity index is 2410. The molecular weight excluding hydrogens is 823 g/mol. The van der Waals surface area contributed by atoms with Crippen LogP contribution in [0.4, 0.5) is 0 Å². The van der Waals surface area contributed by atoms with Crippen LogP contribution < -0.4 is 38.1 Å². The highest BCUT2D eigenvalue weighted by Crippen LogP contribution is 2.21. The van der Waals surface area contributed by atoms with Gasteiger partial charge in [-0.1, -0.05) is 64.1 Å². The molecule has 0 aliphatic heterocycles. The monoisotopic (exact) mass is 881 g/mol. The Labute approximate surface area is 370 Å². The molecule has 6 atom stereocenters.